The zero-order valence-corrected chi connectivity index (χ0v) is 10.1. The van der Waals surface area contributed by atoms with E-state index >= 15 is 0 Å². The Morgan fingerprint density at radius 2 is 1.89 bits per heavy atom. The van der Waals surface area contributed by atoms with Crippen LogP contribution < -0.4 is 5.32 Å². The second kappa shape index (κ2) is 3.89. The van der Waals surface area contributed by atoms with Crippen LogP contribution in [0, 0.1) is 0 Å². The fraction of sp³-hybridized carbons (Fsp3) is 0.333. The van der Waals surface area contributed by atoms with E-state index in [0.717, 1.165) is 24.5 Å². The Morgan fingerprint density at radius 1 is 1.06 bits per heavy atom. The molecule has 1 aliphatic heterocycles. The summed E-state index contributed by atoms with van der Waals surface area (Å²) in [6.07, 6.45) is 3.29. The molecule has 1 fully saturated rings. The molecular formula is C15H15N3. The van der Waals surface area contributed by atoms with Gasteiger partial charge in [-0.1, -0.05) is 30.3 Å². The van der Waals surface area contributed by atoms with Crippen LogP contribution >= 0.6 is 0 Å². The number of benzene rings is 1. The number of rotatable bonds is 1. The SMILES string of the molecule is c1ccc(-c2ncc3c(n2)[C@H]2CNC[C@H]3C2)cc1. The Morgan fingerprint density at radius 3 is 2.78 bits per heavy atom. The molecular weight excluding hydrogens is 222 g/mol. The lowest BCUT2D eigenvalue weighted by Crippen LogP contribution is -2.28. The van der Waals surface area contributed by atoms with Gasteiger partial charge in [0.05, 0.1) is 5.69 Å². The van der Waals surface area contributed by atoms with Gasteiger partial charge in [-0.3, -0.25) is 0 Å². The molecule has 18 heavy (non-hydrogen) atoms. The van der Waals surface area contributed by atoms with E-state index < -0.39 is 0 Å². The van der Waals surface area contributed by atoms with Crippen LogP contribution in [0.5, 0.6) is 0 Å². The van der Waals surface area contributed by atoms with Crippen molar-refractivity contribution in [2.45, 2.75) is 18.3 Å². The van der Waals surface area contributed by atoms with Crippen LogP contribution in [0.3, 0.4) is 0 Å². The van der Waals surface area contributed by atoms with E-state index in [2.05, 4.69) is 22.4 Å². The van der Waals surface area contributed by atoms with Gasteiger partial charge in [0, 0.05) is 36.7 Å². The first-order valence-corrected chi connectivity index (χ1v) is 6.55. The molecule has 2 atom stereocenters. The maximum Gasteiger partial charge on any atom is 0.159 e. The molecule has 2 heterocycles. The highest BCUT2D eigenvalue weighted by Crippen LogP contribution is 2.42. The van der Waals surface area contributed by atoms with Crippen molar-refractivity contribution in [3.05, 3.63) is 47.8 Å². The summed E-state index contributed by atoms with van der Waals surface area (Å²) in [6, 6.07) is 10.2. The molecule has 1 saturated heterocycles. The van der Waals surface area contributed by atoms with Crippen molar-refractivity contribution in [3.8, 4) is 11.4 Å². The van der Waals surface area contributed by atoms with Crippen molar-refractivity contribution >= 4 is 0 Å². The number of nitrogens with zero attached hydrogens (tertiary/aromatic N) is 2. The predicted octanol–water partition coefficient (Wildman–Crippen LogP) is 2.32. The summed E-state index contributed by atoms with van der Waals surface area (Å²) in [5.74, 6) is 2.08. The van der Waals surface area contributed by atoms with Crippen molar-refractivity contribution in [2.75, 3.05) is 13.1 Å². The highest BCUT2D eigenvalue weighted by Gasteiger charge is 2.35. The van der Waals surface area contributed by atoms with Crippen molar-refractivity contribution in [3.63, 3.8) is 0 Å². The number of hydrogen-bond donors (Lipinski definition) is 1. The van der Waals surface area contributed by atoms with Crippen LogP contribution in [0.2, 0.25) is 0 Å². The molecule has 2 aromatic rings. The lowest BCUT2D eigenvalue weighted by Gasteiger charge is -2.19. The van der Waals surface area contributed by atoms with Crippen molar-refractivity contribution in [1.29, 1.82) is 0 Å². The summed E-state index contributed by atoms with van der Waals surface area (Å²) in [7, 11) is 0. The third-order valence-corrected chi connectivity index (χ3v) is 4.06. The minimum Gasteiger partial charge on any atom is -0.315 e. The first-order valence-electron chi connectivity index (χ1n) is 6.55. The minimum atomic E-state index is 0.587. The van der Waals surface area contributed by atoms with E-state index in [1.807, 2.05) is 24.4 Å². The van der Waals surface area contributed by atoms with Gasteiger partial charge in [-0.25, -0.2) is 9.97 Å². The summed E-state index contributed by atoms with van der Waals surface area (Å²) >= 11 is 0. The van der Waals surface area contributed by atoms with Crippen LogP contribution in [-0.4, -0.2) is 23.1 Å². The molecule has 1 aliphatic carbocycles. The van der Waals surface area contributed by atoms with Crippen LogP contribution in [0.15, 0.2) is 36.5 Å². The van der Waals surface area contributed by atoms with E-state index in [0.29, 0.717) is 11.8 Å². The fourth-order valence-electron chi connectivity index (χ4n) is 3.16. The summed E-state index contributed by atoms with van der Waals surface area (Å²) < 4.78 is 0. The first-order chi connectivity index (χ1) is 8.92. The molecule has 2 bridgehead atoms. The van der Waals surface area contributed by atoms with Gasteiger partial charge in [-0.15, -0.1) is 0 Å². The third kappa shape index (κ3) is 1.47. The van der Waals surface area contributed by atoms with Crippen molar-refractivity contribution in [2.24, 2.45) is 0 Å². The molecule has 0 spiro atoms. The van der Waals surface area contributed by atoms with Gasteiger partial charge in [-0.05, 0) is 12.0 Å². The maximum absolute atomic E-state index is 4.82. The van der Waals surface area contributed by atoms with Crippen LogP contribution in [0.1, 0.15) is 29.5 Å². The average Bonchev–Trinajstić information content (AvgIpc) is 2.71. The standard InChI is InChI=1S/C15H15N3/c1-2-4-10(5-3-1)15-17-9-13-11-6-12(8-16-7-11)14(13)18-15/h1-5,9,11-12,16H,6-8H2/t11-,12-/m1/s1. The van der Waals surface area contributed by atoms with Gasteiger partial charge >= 0.3 is 0 Å². The number of nitrogens with one attached hydrogen (secondary N) is 1. The molecule has 0 amide bonds. The number of piperidine rings is 1. The average molecular weight is 237 g/mol. The van der Waals surface area contributed by atoms with Crippen molar-refractivity contribution < 1.29 is 0 Å². The van der Waals surface area contributed by atoms with Gasteiger partial charge in [0.15, 0.2) is 5.82 Å². The third-order valence-electron chi connectivity index (χ3n) is 4.06. The van der Waals surface area contributed by atoms with Gasteiger partial charge in [0.25, 0.3) is 0 Å². The van der Waals surface area contributed by atoms with Gasteiger partial charge in [-0.2, -0.15) is 0 Å². The highest BCUT2D eigenvalue weighted by atomic mass is 15.0. The molecule has 0 radical (unpaired) electrons. The van der Waals surface area contributed by atoms with E-state index in [9.17, 15) is 0 Å². The lowest BCUT2D eigenvalue weighted by atomic mass is 9.98. The molecule has 4 rings (SSSR count). The quantitative estimate of drug-likeness (QED) is 0.827. The fourth-order valence-corrected chi connectivity index (χ4v) is 3.16. The molecule has 90 valence electrons. The second-order valence-corrected chi connectivity index (χ2v) is 5.19. The molecule has 3 nitrogen and oxygen atoms in total. The maximum atomic E-state index is 4.82. The Kier molecular flexibility index (Phi) is 2.20. The second-order valence-electron chi connectivity index (χ2n) is 5.19. The Bertz CT molecular complexity index is 580. The number of fused-ring (bicyclic) bond motifs is 5. The zero-order chi connectivity index (χ0) is 11.9. The van der Waals surface area contributed by atoms with Crippen LogP contribution in [0.4, 0.5) is 0 Å². The van der Waals surface area contributed by atoms with Gasteiger partial charge in [0.1, 0.15) is 0 Å². The first kappa shape index (κ1) is 10.2. The van der Waals surface area contributed by atoms with E-state index in [1.54, 1.807) is 0 Å². The molecule has 0 saturated carbocycles. The monoisotopic (exact) mass is 237 g/mol. The lowest BCUT2D eigenvalue weighted by molar-refractivity contribution is 0.451. The predicted molar refractivity (Wildman–Crippen MR) is 70.4 cm³/mol. The summed E-state index contributed by atoms with van der Waals surface area (Å²) in [5.41, 5.74) is 3.75. The largest absolute Gasteiger partial charge is 0.315 e. The molecule has 1 N–H and O–H groups in total. The Labute approximate surface area is 106 Å². The number of hydrogen-bond acceptors (Lipinski definition) is 3. The molecule has 0 unspecified atom stereocenters. The smallest absolute Gasteiger partial charge is 0.159 e. The van der Waals surface area contributed by atoms with E-state index in [4.69, 9.17) is 4.98 Å². The normalized spacial score (nSPS) is 24.9. The number of aromatic nitrogens is 2. The van der Waals surface area contributed by atoms with Gasteiger partial charge in [0.2, 0.25) is 0 Å². The van der Waals surface area contributed by atoms with Crippen LogP contribution in [0.25, 0.3) is 11.4 Å². The molecule has 3 heteroatoms. The Balaban J connectivity index is 1.81. The minimum absolute atomic E-state index is 0.587. The summed E-state index contributed by atoms with van der Waals surface area (Å²) in [6.45, 7) is 2.15. The topological polar surface area (TPSA) is 37.8 Å². The summed E-state index contributed by atoms with van der Waals surface area (Å²) in [5, 5.41) is 3.49. The van der Waals surface area contributed by atoms with E-state index in [-0.39, 0.29) is 0 Å². The molecule has 2 aliphatic rings. The molecule has 1 aromatic carbocycles. The van der Waals surface area contributed by atoms with Gasteiger partial charge < -0.3 is 5.32 Å². The Hall–Kier alpha value is -1.74. The zero-order valence-electron chi connectivity index (χ0n) is 10.1. The molecule has 1 aromatic heterocycles. The summed E-state index contributed by atoms with van der Waals surface area (Å²) in [4.78, 5) is 9.36. The van der Waals surface area contributed by atoms with Crippen molar-refractivity contribution in [1.82, 2.24) is 15.3 Å². The van der Waals surface area contributed by atoms with E-state index in [1.165, 1.54) is 17.7 Å². The van der Waals surface area contributed by atoms with Crippen LogP contribution in [-0.2, 0) is 0 Å². The highest BCUT2D eigenvalue weighted by molar-refractivity contribution is 5.55.